The number of nitriles is 1. The molecule has 0 aliphatic heterocycles. The molecular formula is C33H46N8O3Si. The second kappa shape index (κ2) is 20.2. The van der Waals surface area contributed by atoms with Crippen molar-refractivity contribution in [1.82, 2.24) is 19.9 Å². The van der Waals surface area contributed by atoms with Crippen LogP contribution in [0.1, 0.15) is 63.7 Å². The van der Waals surface area contributed by atoms with Crippen LogP contribution in [0.15, 0.2) is 70.4 Å². The maximum Gasteiger partial charge on any atom is 0.299 e. The van der Waals surface area contributed by atoms with Crippen LogP contribution in [0.3, 0.4) is 0 Å². The normalized spacial score (nSPS) is 10.3. The zero-order chi connectivity index (χ0) is 33.7. The number of hydrogen-bond acceptors (Lipinski definition) is 10. The van der Waals surface area contributed by atoms with Crippen LogP contribution in [-0.4, -0.2) is 39.5 Å². The number of hydrogen-bond donors (Lipinski definition) is 2. The smallest absolute Gasteiger partial charge is 0.299 e. The Hall–Kier alpha value is -4.81. The molecule has 0 aliphatic rings. The molecule has 0 unspecified atom stereocenters. The Morgan fingerprint density at radius 3 is 1.71 bits per heavy atom. The zero-order valence-corrected chi connectivity index (χ0v) is 28.5. The van der Waals surface area contributed by atoms with Gasteiger partial charge >= 0.3 is 0 Å². The van der Waals surface area contributed by atoms with Gasteiger partial charge in [-0.2, -0.15) is 0 Å². The van der Waals surface area contributed by atoms with Crippen molar-refractivity contribution in [3.63, 3.8) is 0 Å². The molecule has 0 atom stereocenters. The molecular weight excluding hydrogens is 585 g/mol. The largest absolute Gasteiger partial charge is 0.449 e. The number of nitrogens with one attached hydrogen (secondary N) is 1. The number of pyridine rings is 2. The molecule has 12 heteroatoms. The van der Waals surface area contributed by atoms with Gasteiger partial charge in [-0.3, -0.25) is 14.8 Å². The lowest BCUT2D eigenvalue weighted by Crippen LogP contribution is -2.26. The average molecular weight is 631 g/mol. The molecule has 0 spiro atoms. The van der Waals surface area contributed by atoms with E-state index in [9.17, 15) is 4.79 Å². The van der Waals surface area contributed by atoms with E-state index in [1.54, 1.807) is 37.3 Å². The molecule has 0 fully saturated rings. The highest BCUT2D eigenvalue weighted by Gasteiger charge is 2.21. The molecule has 4 aromatic heterocycles. The third-order valence-electron chi connectivity index (χ3n) is 5.35. The van der Waals surface area contributed by atoms with Crippen LogP contribution < -0.4 is 11.1 Å². The van der Waals surface area contributed by atoms with Gasteiger partial charge in [-0.1, -0.05) is 19.6 Å². The van der Waals surface area contributed by atoms with Gasteiger partial charge in [-0.05, 0) is 63.8 Å². The van der Waals surface area contributed by atoms with Gasteiger partial charge in [0.1, 0.15) is 18.3 Å². The summed E-state index contributed by atoms with van der Waals surface area (Å²) >= 11 is 0. The van der Waals surface area contributed by atoms with Gasteiger partial charge in [0.05, 0.1) is 36.2 Å². The molecule has 0 radical (unpaired) electrons. The summed E-state index contributed by atoms with van der Waals surface area (Å²) in [5.74, 6) is 1.72. The summed E-state index contributed by atoms with van der Waals surface area (Å²) in [7, 11) is -1.33. The predicted octanol–water partition coefficient (Wildman–Crippen LogP) is 7.12. The Balaban J connectivity index is 0.000000354. The minimum atomic E-state index is -1.33. The van der Waals surface area contributed by atoms with Gasteiger partial charge in [0.2, 0.25) is 0 Å². The van der Waals surface area contributed by atoms with Gasteiger partial charge in [0.15, 0.2) is 19.9 Å². The van der Waals surface area contributed by atoms with E-state index in [1.165, 1.54) is 13.8 Å². The Labute approximate surface area is 268 Å². The quantitative estimate of drug-likeness (QED) is 0.136. The third-order valence-corrected chi connectivity index (χ3v) is 6.02. The molecule has 4 heterocycles. The number of Topliss-reactive ketones (excluding diaryl/α,β-unsaturated/α-hetero) is 1. The Morgan fingerprint density at radius 2 is 1.38 bits per heavy atom. The van der Waals surface area contributed by atoms with Gasteiger partial charge in [-0.25, -0.2) is 21.8 Å². The summed E-state index contributed by atoms with van der Waals surface area (Å²) in [5.41, 5.74) is 10.8. The van der Waals surface area contributed by atoms with Crippen LogP contribution >= 0.6 is 0 Å². The summed E-state index contributed by atoms with van der Waals surface area (Å²) < 4.78 is 10.3. The van der Waals surface area contributed by atoms with E-state index < -0.39 is 13.7 Å². The van der Waals surface area contributed by atoms with Crippen LogP contribution in [0.4, 0.5) is 11.4 Å². The van der Waals surface area contributed by atoms with Crippen LogP contribution in [0, 0.1) is 17.5 Å². The van der Waals surface area contributed by atoms with Crippen molar-refractivity contribution >= 4 is 25.2 Å². The van der Waals surface area contributed by atoms with Crippen molar-refractivity contribution < 1.29 is 13.6 Å². The second-order valence-corrected chi connectivity index (χ2v) is 16.5. The Bertz CT molecular complexity index is 1430. The van der Waals surface area contributed by atoms with E-state index in [4.69, 9.17) is 26.4 Å². The highest BCUT2D eigenvalue weighted by molar-refractivity contribution is 6.83. The maximum absolute atomic E-state index is 9.44. The topological polar surface area (TPSA) is 161 Å². The molecule has 4 aromatic rings. The molecule has 0 bridgehead atoms. The van der Waals surface area contributed by atoms with Crippen molar-refractivity contribution in [3.05, 3.63) is 96.2 Å². The SMILES string of the molecule is CC(C)=O.C[Si](C)(C)C#N.Nc1ccc(CCCc2ncco2)nc1.[C-]#[N+]C(C)(C)Nc1ccc(CCCc2ncco2)nc1. The monoisotopic (exact) mass is 630 g/mol. The fourth-order valence-corrected chi connectivity index (χ4v) is 3.21. The number of nitrogens with zero attached hydrogens (tertiary/aromatic N) is 6. The molecule has 0 aromatic carbocycles. The lowest BCUT2D eigenvalue weighted by atomic mass is 10.1. The van der Waals surface area contributed by atoms with Gasteiger partial charge in [0.25, 0.3) is 5.66 Å². The first kappa shape index (κ1) is 38.2. The van der Waals surface area contributed by atoms with Crippen molar-refractivity contribution in [2.24, 2.45) is 0 Å². The first-order valence-electron chi connectivity index (χ1n) is 14.7. The highest BCUT2D eigenvalue weighted by atomic mass is 28.3. The molecule has 0 amide bonds. The molecule has 4 rings (SSSR count). The molecule has 0 saturated heterocycles. The lowest BCUT2D eigenvalue weighted by Gasteiger charge is -2.14. The van der Waals surface area contributed by atoms with Gasteiger partial charge in [-0.15, -0.1) is 0 Å². The van der Waals surface area contributed by atoms with Crippen molar-refractivity contribution in [1.29, 1.82) is 5.26 Å². The Kier molecular flexibility index (Phi) is 17.2. The molecule has 0 aliphatic carbocycles. The van der Waals surface area contributed by atoms with E-state index in [0.29, 0.717) is 5.69 Å². The highest BCUT2D eigenvalue weighted by Crippen LogP contribution is 2.16. The maximum atomic E-state index is 9.44. The fraction of sp³-hybridized carbons (Fsp3) is 0.424. The first-order chi connectivity index (χ1) is 21.2. The number of carbonyl (C=O) groups excluding carboxylic acids is 1. The molecule has 45 heavy (non-hydrogen) atoms. The summed E-state index contributed by atoms with van der Waals surface area (Å²) in [6.07, 6.45) is 15.4. The standard InChI is InChI=1S/C15H18N4O.C11H13N3O.C4H9NSi.C3H6O/c1-15(2,16-3)19-13-8-7-12(18-11-13)5-4-6-14-17-9-10-20-14;12-9-4-5-10(14-8-9)2-1-3-11-13-6-7-15-11;1-6(2,3)4-5;1-3(2)4/h7-11,19H,4-6H2,1-2H3;4-8H,1-3,12H2;1-3H3;1-2H3. The number of nitrogens with two attached hydrogens (primary N) is 1. The third kappa shape index (κ3) is 19.9. The number of carbonyl (C=O) groups is 1. The number of ketones is 1. The van der Waals surface area contributed by atoms with E-state index in [-0.39, 0.29) is 5.78 Å². The second-order valence-electron chi connectivity index (χ2n) is 11.7. The minimum absolute atomic E-state index is 0.167. The van der Waals surface area contributed by atoms with Crippen LogP contribution in [0.25, 0.3) is 4.85 Å². The van der Waals surface area contributed by atoms with Crippen molar-refractivity contribution in [3.8, 4) is 5.69 Å². The minimum Gasteiger partial charge on any atom is -0.449 e. The summed E-state index contributed by atoms with van der Waals surface area (Å²) in [5, 5.41) is 11.3. The first-order valence-corrected chi connectivity index (χ1v) is 18.2. The average Bonchev–Trinajstić information content (AvgIpc) is 3.70. The molecule has 240 valence electrons. The molecule has 3 N–H and O–H groups in total. The van der Waals surface area contributed by atoms with E-state index >= 15 is 0 Å². The van der Waals surface area contributed by atoms with Gasteiger partial charge < -0.3 is 24.7 Å². The van der Waals surface area contributed by atoms with E-state index in [2.05, 4.69) is 35.8 Å². The lowest BCUT2D eigenvalue weighted by molar-refractivity contribution is -0.115. The van der Waals surface area contributed by atoms with Crippen molar-refractivity contribution in [2.75, 3.05) is 11.1 Å². The summed E-state index contributed by atoms with van der Waals surface area (Å²) in [4.78, 5) is 29.7. The Morgan fingerprint density at radius 1 is 0.911 bits per heavy atom. The predicted molar refractivity (Wildman–Crippen MR) is 180 cm³/mol. The summed E-state index contributed by atoms with van der Waals surface area (Å²) in [6, 6.07) is 7.76. The number of aryl methyl sites for hydroxylation is 4. The fourth-order valence-electron chi connectivity index (χ4n) is 3.21. The van der Waals surface area contributed by atoms with Crippen LogP contribution in [-0.2, 0) is 30.5 Å². The zero-order valence-electron chi connectivity index (χ0n) is 27.5. The number of rotatable bonds is 10. The molecule has 11 nitrogen and oxygen atoms in total. The van der Waals surface area contributed by atoms with E-state index in [1.807, 2.05) is 57.8 Å². The number of oxazole rings is 2. The van der Waals surface area contributed by atoms with Crippen molar-refractivity contribution in [2.45, 2.75) is 91.5 Å². The van der Waals surface area contributed by atoms with Gasteiger partial charge in [0, 0.05) is 43.8 Å². The van der Waals surface area contributed by atoms with E-state index in [0.717, 1.165) is 67.4 Å². The van der Waals surface area contributed by atoms with Crippen LogP contribution in [0.2, 0.25) is 19.6 Å². The number of nitrogen functional groups attached to an aromatic ring is 1. The summed E-state index contributed by atoms with van der Waals surface area (Å²) in [6.45, 7) is 19.9. The number of aromatic nitrogens is 4. The number of anilines is 2. The molecule has 0 saturated carbocycles. The van der Waals surface area contributed by atoms with Crippen LogP contribution in [0.5, 0.6) is 0 Å².